The van der Waals surface area contributed by atoms with Crippen molar-refractivity contribution >= 4 is 17.5 Å². The Morgan fingerprint density at radius 2 is 1.64 bits per heavy atom. The first-order valence-electron chi connectivity index (χ1n) is 7.87. The van der Waals surface area contributed by atoms with Gasteiger partial charge in [-0.3, -0.25) is 4.79 Å². The Balaban J connectivity index is 2.12. The molecule has 0 bridgehead atoms. The fraction of sp³-hybridized carbons (Fsp3) is 0.316. The summed E-state index contributed by atoms with van der Waals surface area (Å²) < 4.78 is 10.4. The van der Waals surface area contributed by atoms with Gasteiger partial charge in [0.15, 0.2) is 0 Å². The van der Waals surface area contributed by atoms with Gasteiger partial charge >= 0.3 is 0 Å². The Hall–Kier alpha value is -2.24. The zero-order valence-electron chi connectivity index (χ0n) is 14.9. The Kier molecular flexibility index (Phi) is 6.67. The van der Waals surface area contributed by atoms with Crippen molar-refractivity contribution in [2.24, 2.45) is 0 Å². The number of carbonyl (C=O) groups excluding carboxylic acids is 1. The average molecular weight is 363 g/mol. The third-order valence-electron chi connectivity index (χ3n) is 3.95. The minimum Gasteiger partial charge on any atom is -0.497 e. The molecule has 0 saturated heterocycles. The fourth-order valence-electron chi connectivity index (χ4n) is 2.51. The highest BCUT2D eigenvalue weighted by Crippen LogP contribution is 2.23. The van der Waals surface area contributed by atoms with Gasteiger partial charge in [-0.15, -0.1) is 0 Å². The van der Waals surface area contributed by atoms with Gasteiger partial charge in [-0.05, 0) is 43.9 Å². The molecular formula is C19H23ClN2O3. The van der Waals surface area contributed by atoms with Crippen LogP contribution in [0, 0.1) is 0 Å². The maximum atomic E-state index is 12.5. The summed E-state index contributed by atoms with van der Waals surface area (Å²) in [5.41, 5.74) is 1.57. The van der Waals surface area contributed by atoms with Crippen molar-refractivity contribution in [1.29, 1.82) is 0 Å². The molecule has 1 amide bonds. The molecular weight excluding hydrogens is 340 g/mol. The Labute approximate surface area is 153 Å². The molecule has 1 N–H and O–H groups in total. The first-order chi connectivity index (χ1) is 11.9. The van der Waals surface area contributed by atoms with Crippen molar-refractivity contribution < 1.29 is 14.3 Å². The van der Waals surface area contributed by atoms with Gasteiger partial charge in [0.05, 0.1) is 20.3 Å². The van der Waals surface area contributed by atoms with Gasteiger partial charge < -0.3 is 19.7 Å². The zero-order chi connectivity index (χ0) is 18.4. The highest BCUT2D eigenvalue weighted by atomic mass is 35.5. The molecule has 2 aromatic rings. The second kappa shape index (κ2) is 8.74. The smallest absolute Gasteiger partial charge is 0.251 e. The predicted molar refractivity (Wildman–Crippen MR) is 99.8 cm³/mol. The van der Waals surface area contributed by atoms with E-state index in [4.69, 9.17) is 21.1 Å². The normalized spacial score (nSPS) is 11.9. The molecule has 1 atom stereocenters. The Morgan fingerprint density at radius 1 is 1.08 bits per heavy atom. The number of amides is 1. The van der Waals surface area contributed by atoms with Crippen LogP contribution in [0.1, 0.15) is 22.0 Å². The maximum absolute atomic E-state index is 12.5. The van der Waals surface area contributed by atoms with E-state index in [-0.39, 0.29) is 11.9 Å². The van der Waals surface area contributed by atoms with Crippen LogP contribution in [-0.4, -0.2) is 45.7 Å². The molecule has 2 rings (SSSR count). The summed E-state index contributed by atoms with van der Waals surface area (Å²) in [6.45, 7) is 0.465. The first kappa shape index (κ1) is 19.1. The predicted octanol–water partition coefficient (Wildman–Crippen LogP) is 3.39. The molecule has 0 aromatic heterocycles. The zero-order valence-corrected chi connectivity index (χ0v) is 15.6. The lowest BCUT2D eigenvalue weighted by atomic mass is 10.1. The second-order valence-corrected chi connectivity index (χ2v) is 6.28. The molecule has 0 saturated carbocycles. The molecule has 5 nitrogen and oxygen atoms in total. The Morgan fingerprint density at radius 3 is 2.12 bits per heavy atom. The van der Waals surface area contributed by atoms with Crippen molar-refractivity contribution in [3.8, 4) is 11.5 Å². The van der Waals surface area contributed by atoms with Gasteiger partial charge in [0.25, 0.3) is 5.91 Å². The molecule has 0 aliphatic rings. The van der Waals surface area contributed by atoms with E-state index in [0.717, 1.165) is 5.56 Å². The number of hydrogen-bond acceptors (Lipinski definition) is 4. The number of likely N-dealkylation sites (N-methyl/N-ethyl adjacent to an activating group) is 1. The molecule has 0 fully saturated rings. The van der Waals surface area contributed by atoms with Crippen LogP contribution in [0.15, 0.2) is 42.5 Å². The Bertz CT molecular complexity index is 695. The number of hydrogen-bond donors (Lipinski definition) is 1. The van der Waals surface area contributed by atoms with Gasteiger partial charge in [-0.1, -0.05) is 23.7 Å². The third-order valence-corrected chi connectivity index (χ3v) is 4.20. The summed E-state index contributed by atoms with van der Waals surface area (Å²) in [6, 6.07) is 12.8. The molecule has 1 unspecified atom stereocenters. The lowest BCUT2D eigenvalue weighted by molar-refractivity contribution is 0.0941. The second-order valence-electron chi connectivity index (χ2n) is 5.84. The number of rotatable bonds is 7. The lowest BCUT2D eigenvalue weighted by Gasteiger charge is -2.25. The number of ether oxygens (including phenoxy) is 2. The van der Waals surface area contributed by atoms with E-state index in [2.05, 4.69) is 10.2 Å². The molecule has 25 heavy (non-hydrogen) atoms. The fourth-order valence-corrected chi connectivity index (χ4v) is 2.64. The minimum atomic E-state index is -0.182. The van der Waals surface area contributed by atoms with Crippen molar-refractivity contribution in [2.45, 2.75) is 6.04 Å². The monoisotopic (exact) mass is 362 g/mol. The molecule has 6 heteroatoms. The molecule has 0 spiro atoms. The lowest BCUT2D eigenvalue weighted by Crippen LogP contribution is -2.34. The largest absolute Gasteiger partial charge is 0.497 e. The van der Waals surface area contributed by atoms with Crippen LogP contribution < -0.4 is 14.8 Å². The summed E-state index contributed by atoms with van der Waals surface area (Å²) >= 11 is 5.95. The van der Waals surface area contributed by atoms with Gasteiger partial charge in [0.1, 0.15) is 11.5 Å². The van der Waals surface area contributed by atoms with E-state index in [1.54, 1.807) is 32.4 Å². The number of halogens is 1. The molecule has 0 heterocycles. The summed E-state index contributed by atoms with van der Waals surface area (Å²) in [5.74, 6) is 0.968. The van der Waals surface area contributed by atoms with Gasteiger partial charge in [0.2, 0.25) is 0 Å². The molecule has 0 radical (unpaired) electrons. The van der Waals surface area contributed by atoms with E-state index in [1.807, 2.05) is 38.4 Å². The van der Waals surface area contributed by atoms with Crippen LogP contribution in [0.25, 0.3) is 0 Å². The van der Waals surface area contributed by atoms with Crippen molar-refractivity contribution in [3.05, 3.63) is 58.6 Å². The van der Waals surface area contributed by atoms with E-state index in [9.17, 15) is 4.79 Å². The molecule has 134 valence electrons. The quantitative estimate of drug-likeness (QED) is 0.820. The highest BCUT2D eigenvalue weighted by Gasteiger charge is 2.17. The van der Waals surface area contributed by atoms with Crippen LogP contribution in [0.4, 0.5) is 0 Å². The molecule has 2 aromatic carbocycles. The van der Waals surface area contributed by atoms with Crippen molar-refractivity contribution in [1.82, 2.24) is 10.2 Å². The van der Waals surface area contributed by atoms with Crippen LogP contribution in [0.2, 0.25) is 5.02 Å². The SMILES string of the molecule is COc1cc(OC)cc(C(=O)NCC(c2ccc(Cl)cc2)N(C)C)c1. The standard InChI is InChI=1S/C19H23ClN2O3/c1-22(2)18(13-5-7-15(20)8-6-13)12-21-19(23)14-9-16(24-3)11-17(10-14)25-4/h5-11,18H,12H2,1-4H3,(H,21,23). The number of nitrogens with zero attached hydrogens (tertiary/aromatic N) is 1. The summed E-state index contributed by atoms with van der Waals surface area (Å²) in [7, 11) is 7.05. The van der Waals surface area contributed by atoms with E-state index in [1.165, 1.54) is 0 Å². The maximum Gasteiger partial charge on any atom is 0.251 e. The van der Waals surface area contributed by atoms with Crippen LogP contribution in [-0.2, 0) is 0 Å². The van der Waals surface area contributed by atoms with Crippen LogP contribution in [0.5, 0.6) is 11.5 Å². The van der Waals surface area contributed by atoms with Crippen molar-refractivity contribution in [3.63, 3.8) is 0 Å². The van der Waals surface area contributed by atoms with Crippen LogP contribution >= 0.6 is 11.6 Å². The summed E-state index contributed by atoms with van der Waals surface area (Å²) in [4.78, 5) is 14.6. The number of carbonyl (C=O) groups is 1. The molecule has 0 aliphatic carbocycles. The number of nitrogens with one attached hydrogen (secondary N) is 1. The van der Waals surface area contributed by atoms with E-state index in [0.29, 0.717) is 28.6 Å². The minimum absolute atomic E-state index is 0.0359. The van der Waals surface area contributed by atoms with Gasteiger partial charge in [-0.2, -0.15) is 0 Å². The van der Waals surface area contributed by atoms with Gasteiger partial charge in [0, 0.05) is 23.2 Å². The summed E-state index contributed by atoms with van der Waals surface area (Å²) in [5, 5.41) is 3.66. The summed E-state index contributed by atoms with van der Waals surface area (Å²) in [6.07, 6.45) is 0. The third kappa shape index (κ3) is 5.11. The van der Waals surface area contributed by atoms with E-state index >= 15 is 0 Å². The average Bonchev–Trinajstić information content (AvgIpc) is 2.62. The van der Waals surface area contributed by atoms with Gasteiger partial charge in [-0.25, -0.2) is 0 Å². The molecule has 0 aliphatic heterocycles. The van der Waals surface area contributed by atoms with Crippen molar-refractivity contribution in [2.75, 3.05) is 34.9 Å². The van der Waals surface area contributed by atoms with Crippen LogP contribution in [0.3, 0.4) is 0 Å². The van der Waals surface area contributed by atoms with E-state index < -0.39 is 0 Å². The number of benzene rings is 2. The first-order valence-corrected chi connectivity index (χ1v) is 8.25. The number of methoxy groups -OCH3 is 2. The topological polar surface area (TPSA) is 50.8 Å². The highest BCUT2D eigenvalue weighted by molar-refractivity contribution is 6.30.